The van der Waals surface area contributed by atoms with E-state index in [2.05, 4.69) is 40.8 Å². The molecule has 5 heteroatoms. The summed E-state index contributed by atoms with van der Waals surface area (Å²) < 4.78 is 0. The van der Waals surface area contributed by atoms with Crippen LogP contribution < -0.4 is 0 Å². The Morgan fingerprint density at radius 3 is 2.52 bits per heavy atom. The third kappa shape index (κ3) is 4.23. The number of amides is 1. The van der Waals surface area contributed by atoms with E-state index in [4.69, 9.17) is 0 Å². The summed E-state index contributed by atoms with van der Waals surface area (Å²) in [5, 5.41) is 0. The Labute approximate surface area is 149 Å². The summed E-state index contributed by atoms with van der Waals surface area (Å²) in [6, 6.07) is 6.43. The molecule has 1 fully saturated rings. The first-order chi connectivity index (χ1) is 12.0. The fraction of sp³-hybridized carbons (Fsp3) is 0.450. The molecule has 132 valence electrons. The van der Waals surface area contributed by atoms with E-state index in [1.165, 1.54) is 5.56 Å². The van der Waals surface area contributed by atoms with E-state index >= 15 is 0 Å². The van der Waals surface area contributed by atoms with Crippen molar-refractivity contribution in [2.75, 3.05) is 19.6 Å². The van der Waals surface area contributed by atoms with Crippen LogP contribution in [0.1, 0.15) is 35.3 Å². The van der Waals surface area contributed by atoms with Crippen LogP contribution >= 0.6 is 0 Å². The van der Waals surface area contributed by atoms with Gasteiger partial charge in [0, 0.05) is 57.0 Å². The van der Waals surface area contributed by atoms with Crippen LogP contribution in [0.5, 0.6) is 0 Å². The van der Waals surface area contributed by atoms with Crippen LogP contribution in [0, 0.1) is 12.8 Å². The molecule has 5 nitrogen and oxygen atoms in total. The molecule has 0 aliphatic carbocycles. The number of hydrogen-bond donors (Lipinski definition) is 0. The maximum absolute atomic E-state index is 12.7. The third-order valence-electron chi connectivity index (χ3n) is 4.67. The van der Waals surface area contributed by atoms with E-state index in [-0.39, 0.29) is 5.91 Å². The summed E-state index contributed by atoms with van der Waals surface area (Å²) in [4.78, 5) is 25.3. The predicted molar refractivity (Wildman–Crippen MR) is 98.2 cm³/mol. The number of pyridine rings is 2. The molecule has 1 aliphatic heterocycles. The number of carbonyl (C=O) groups is 1. The van der Waals surface area contributed by atoms with Crippen molar-refractivity contribution in [3.8, 4) is 0 Å². The Balaban J connectivity index is 1.63. The van der Waals surface area contributed by atoms with E-state index in [0.717, 1.165) is 31.7 Å². The van der Waals surface area contributed by atoms with E-state index < -0.39 is 0 Å². The van der Waals surface area contributed by atoms with Gasteiger partial charge < -0.3 is 4.90 Å². The lowest BCUT2D eigenvalue weighted by Gasteiger charge is -2.46. The minimum Gasteiger partial charge on any atom is -0.335 e. The van der Waals surface area contributed by atoms with Crippen LogP contribution in [-0.4, -0.2) is 51.4 Å². The first kappa shape index (κ1) is 17.5. The average molecular weight is 338 g/mol. The number of rotatable bonds is 6. The molecule has 0 saturated carbocycles. The topological polar surface area (TPSA) is 49.3 Å². The Kier molecular flexibility index (Phi) is 5.43. The van der Waals surface area contributed by atoms with Crippen molar-refractivity contribution < 1.29 is 4.79 Å². The van der Waals surface area contributed by atoms with Crippen molar-refractivity contribution in [2.45, 2.75) is 33.4 Å². The zero-order chi connectivity index (χ0) is 17.8. The summed E-state index contributed by atoms with van der Waals surface area (Å²) in [7, 11) is 0. The van der Waals surface area contributed by atoms with Gasteiger partial charge in [0.1, 0.15) is 0 Å². The van der Waals surface area contributed by atoms with Gasteiger partial charge in [-0.25, -0.2) is 0 Å². The Bertz CT molecular complexity index is 711. The van der Waals surface area contributed by atoms with Crippen molar-refractivity contribution in [1.29, 1.82) is 0 Å². The van der Waals surface area contributed by atoms with Gasteiger partial charge in [-0.05, 0) is 42.2 Å². The molecule has 0 radical (unpaired) electrons. The Morgan fingerprint density at radius 1 is 1.20 bits per heavy atom. The molecular formula is C20H26N4O. The van der Waals surface area contributed by atoms with E-state index in [1.54, 1.807) is 12.4 Å². The maximum Gasteiger partial charge on any atom is 0.255 e. The van der Waals surface area contributed by atoms with Gasteiger partial charge in [-0.15, -0.1) is 0 Å². The smallest absolute Gasteiger partial charge is 0.255 e. The zero-order valence-electron chi connectivity index (χ0n) is 15.2. The average Bonchev–Trinajstić information content (AvgIpc) is 2.54. The van der Waals surface area contributed by atoms with E-state index in [1.807, 2.05) is 30.3 Å². The van der Waals surface area contributed by atoms with Crippen molar-refractivity contribution in [3.63, 3.8) is 0 Å². The molecule has 1 amide bonds. The van der Waals surface area contributed by atoms with Crippen LogP contribution in [0.3, 0.4) is 0 Å². The summed E-state index contributed by atoms with van der Waals surface area (Å²) in [6.07, 6.45) is 7.08. The molecule has 0 bridgehead atoms. The standard InChI is InChI=1S/C20H26N4O/c1-15(2)11-23(12-17-5-8-21-9-6-17)18-13-24(14-18)20(25)19-10-22-7-4-16(19)3/h4-10,15,18H,11-14H2,1-3H3. The van der Waals surface area contributed by atoms with Crippen molar-refractivity contribution in [3.05, 3.63) is 59.7 Å². The van der Waals surface area contributed by atoms with Crippen LogP contribution in [0.4, 0.5) is 0 Å². The summed E-state index contributed by atoms with van der Waals surface area (Å²) >= 11 is 0. The third-order valence-corrected chi connectivity index (χ3v) is 4.67. The molecule has 0 unspecified atom stereocenters. The highest BCUT2D eigenvalue weighted by Gasteiger charge is 2.35. The molecule has 25 heavy (non-hydrogen) atoms. The second kappa shape index (κ2) is 7.74. The van der Waals surface area contributed by atoms with E-state index in [0.29, 0.717) is 17.5 Å². The highest BCUT2D eigenvalue weighted by atomic mass is 16.2. The molecule has 0 N–H and O–H groups in total. The van der Waals surface area contributed by atoms with Gasteiger partial charge in [-0.1, -0.05) is 13.8 Å². The molecule has 0 spiro atoms. The summed E-state index contributed by atoms with van der Waals surface area (Å²) in [5.41, 5.74) is 2.97. The van der Waals surface area contributed by atoms with Crippen LogP contribution in [-0.2, 0) is 6.54 Å². The van der Waals surface area contributed by atoms with Crippen molar-refractivity contribution in [1.82, 2.24) is 19.8 Å². The zero-order valence-corrected chi connectivity index (χ0v) is 15.2. The first-order valence-electron chi connectivity index (χ1n) is 8.87. The van der Waals surface area contributed by atoms with Gasteiger partial charge in [-0.2, -0.15) is 0 Å². The normalized spacial score (nSPS) is 14.8. The predicted octanol–water partition coefficient (Wildman–Crippen LogP) is 2.77. The maximum atomic E-state index is 12.7. The SMILES string of the molecule is Cc1ccncc1C(=O)N1CC(N(Cc2ccncc2)CC(C)C)C1. The Hall–Kier alpha value is -2.27. The molecule has 1 aliphatic rings. The van der Waals surface area contributed by atoms with Crippen LogP contribution in [0.25, 0.3) is 0 Å². The second-order valence-electron chi connectivity index (χ2n) is 7.23. The molecule has 0 atom stereocenters. The highest BCUT2D eigenvalue weighted by molar-refractivity contribution is 5.95. The van der Waals surface area contributed by atoms with Crippen LogP contribution in [0.2, 0.25) is 0 Å². The number of carbonyl (C=O) groups excluding carboxylic acids is 1. The number of hydrogen-bond acceptors (Lipinski definition) is 4. The lowest BCUT2D eigenvalue weighted by atomic mass is 10.0. The van der Waals surface area contributed by atoms with Gasteiger partial charge in [0.05, 0.1) is 5.56 Å². The number of likely N-dealkylation sites (tertiary alicyclic amines) is 1. The van der Waals surface area contributed by atoms with Gasteiger partial charge in [0.25, 0.3) is 5.91 Å². The molecule has 3 heterocycles. The fourth-order valence-corrected chi connectivity index (χ4v) is 3.24. The quantitative estimate of drug-likeness (QED) is 0.813. The van der Waals surface area contributed by atoms with Gasteiger partial charge in [0.15, 0.2) is 0 Å². The molecule has 1 saturated heterocycles. The monoisotopic (exact) mass is 338 g/mol. The summed E-state index contributed by atoms with van der Waals surface area (Å²) in [5.74, 6) is 0.683. The molecule has 2 aromatic heterocycles. The minimum absolute atomic E-state index is 0.0928. The lowest BCUT2D eigenvalue weighted by molar-refractivity contribution is 0.0196. The molecule has 2 aromatic rings. The highest BCUT2D eigenvalue weighted by Crippen LogP contribution is 2.22. The number of nitrogens with zero attached hydrogens (tertiary/aromatic N) is 4. The van der Waals surface area contributed by atoms with Gasteiger partial charge in [-0.3, -0.25) is 19.7 Å². The van der Waals surface area contributed by atoms with Crippen molar-refractivity contribution >= 4 is 5.91 Å². The Morgan fingerprint density at radius 2 is 1.88 bits per heavy atom. The van der Waals surface area contributed by atoms with Crippen molar-refractivity contribution in [2.24, 2.45) is 5.92 Å². The summed E-state index contributed by atoms with van der Waals surface area (Å²) in [6.45, 7) is 9.93. The molecule has 3 rings (SSSR count). The number of aromatic nitrogens is 2. The first-order valence-corrected chi connectivity index (χ1v) is 8.87. The largest absolute Gasteiger partial charge is 0.335 e. The number of aryl methyl sites for hydroxylation is 1. The van der Waals surface area contributed by atoms with Crippen LogP contribution in [0.15, 0.2) is 43.0 Å². The van der Waals surface area contributed by atoms with Gasteiger partial charge >= 0.3 is 0 Å². The second-order valence-corrected chi connectivity index (χ2v) is 7.23. The van der Waals surface area contributed by atoms with E-state index in [9.17, 15) is 4.79 Å². The van der Waals surface area contributed by atoms with Gasteiger partial charge in [0.2, 0.25) is 0 Å². The fourth-order valence-electron chi connectivity index (χ4n) is 3.24. The molecular weight excluding hydrogens is 312 g/mol. The minimum atomic E-state index is 0.0928. The lowest BCUT2D eigenvalue weighted by Crippen LogP contribution is -2.61. The molecule has 0 aromatic carbocycles.